The van der Waals surface area contributed by atoms with E-state index in [1.54, 1.807) is 6.92 Å². The maximum Gasteiger partial charge on any atom is 0.404 e. The summed E-state index contributed by atoms with van der Waals surface area (Å²) in [5.41, 5.74) is 0.260. The number of rotatable bonds is 3. The van der Waals surface area contributed by atoms with Gasteiger partial charge in [-0.3, -0.25) is 4.79 Å². The summed E-state index contributed by atoms with van der Waals surface area (Å²) in [7, 11) is 0. The van der Waals surface area contributed by atoms with Gasteiger partial charge in [-0.25, -0.2) is 4.79 Å². The number of carbonyl (C=O) groups is 2. The van der Waals surface area contributed by atoms with Crippen LogP contribution in [0.15, 0.2) is 0 Å². The van der Waals surface area contributed by atoms with E-state index in [0.717, 1.165) is 12.8 Å². The minimum Gasteiger partial charge on any atom is -0.465 e. The zero-order chi connectivity index (χ0) is 12.8. The molecule has 0 radical (unpaired) electrons. The van der Waals surface area contributed by atoms with Gasteiger partial charge in [-0.2, -0.15) is 0 Å². The second-order valence-corrected chi connectivity index (χ2v) is 6.18. The Kier molecular flexibility index (Phi) is 2.92. The van der Waals surface area contributed by atoms with Crippen molar-refractivity contribution >= 4 is 11.9 Å². The van der Waals surface area contributed by atoms with Crippen molar-refractivity contribution in [3.05, 3.63) is 0 Å². The minimum absolute atomic E-state index is 0.0434. The average molecular weight is 239 g/mol. The Labute approximate surface area is 102 Å². The Morgan fingerprint density at radius 1 is 1.35 bits per heavy atom. The van der Waals surface area contributed by atoms with E-state index in [9.17, 15) is 9.59 Å². The van der Waals surface area contributed by atoms with Crippen LogP contribution in [0, 0.1) is 29.1 Å². The van der Waals surface area contributed by atoms with Crippen LogP contribution in [0.3, 0.4) is 0 Å². The van der Waals surface area contributed by atoms with E-state index in [4.69, 9.17) is 5.11 Å². The van der Waals surface area contributed by atoms with Gasteiger partial charge < -0.3 is 10.4 Å². The first-order chi connectivity index (χ1) is 7.84. The lowest BCUT2D eigenvalue weighted by molar-refractivity contribution is -0.156. The van der Waals surface area contributed by atoms with E-state index in [-0.39, 0.29) is 23.0 Å². The maximum absolute atomic E-state index is 11.8. The number of Topliss-reactive ketones (excluding diaryl/α,β-unsaturated/α-hetero) is 1. The summed E-state index contributed by atoms with van der Waals surface area (Å²) >= 11 is 0. The smallest absolute Gasteiger partial charge is 0.404 e. The van der Waals surface area contributed by atoms with Crippen molar-refractivity contribution in [1.29, 1.82) is 0 Å². The normalized spacial score (nSPS) is 38.1. The molecule has 3 saturated carbocycles. The highest BCUT2D eigenvalue weighted by Crippen LogP contribution is 2.63. The number of hydrogen-bond donors (Lipinski definition) is 2. The third-order valence-electron chi connectivity index (χ3n) is 5.06. The van der Waals surface area contributed by atoms with Gasteiger partial charge in [0.1, 0.15) is 5.78 Å². The Morgan fingerprint density at radius 3 is 2.47 bits per heavy atom. The molecule has 0 aromatic heterocycles. The minimum atomic E-state index is -0.995. The Bertz CT molecular complexity index is 351. The van der Waals surface area contributed by atoms with Crippen LogP contribution in [0.4, 0.5) is 4.79 Å². The molecule has 2 N–H and O–H groups in total. The van der Waals surface area contributed by atoms with Crippen molar-refractivity contribution in [2.45, 2.75) is 33.6 Å². The zero-order valence-corrected chi connectivity index (χ0v) is 10.7. The van der Waals surface area contributed by atoms with Gasteiger partial charge in [0.15, 0.2) is 0 Å². The molecule has 3 fully saturated rings. The number of carboxylic acid groups (broad SMARTS) is 1. The van der Waals surface area contributed by atoms with Crippen LogP contribution in [0.1, 0.15) is 33.6 Å². The molecule has 96 valence electrons. The molecule has 0 saturated heterocycles. The molecule has 3 rings (SSSR count). The van der Waals surface area contributed by atoms with Crippen molar-refractivity contribution in [3.8, 4) is 0 Å². The van der Waals surface area contributed by atoms with Gasteiger partial charge >= 0.3 is 6.09 Å². The van der Waals surface area contributed by atoms with Crippen LogP contribution in [0.2, 0.25) is 0 Å². The fourth-order valence-electron chi connectivity index (χ4n) is 3.95. The fourth-order valence-corrected chi connectivity index (χ4v) is 3.95. The van der Waals surface area contributed by atoms with E-state index >= 15 is 0 Å². The zero-order valence-electron chi connectivity index (χ0n) is 10.7. The van der Waals surface area contributed by atoms with E-state index in [1.807, 2.05) is 0 Å². The molecule has 0 spiro atoms. The standard InChI is InChI=1S/C13H21NO3/c1-7(15)11-8(6-14-12(16)17)4-9-5-10(11)13(9,2)3/h8-11,14H,4-6H2,1-3H3,(H,16,17). The van der Waals surface area contributed by atoms with Crippen molar-refractivity contribution in [2.24, 2.45) is 29.1 Å². The van der Waals surface area contributed by atoms with Crippen LogP contribution >= 0.6 is 0 Å². The van der Waals surface area contributed by atoms with E-state index in [2.05, 4.69) is 19.2 Å². The highest BCUT2D eigenvalue weighted by molar-refractivity contribution is 5.79. The average Bonchev–Trinajstić information content (AvgIpc) is 2.25. The van der Waals surface area contributed by atoms with Crippen molar-refractivity contribution < 1.29 is 14.7 Å². The fraction of sp³-hybridized carbons (Fsp3) is 0.846. The van der Waals surface area contributed by atoms with Crippen molar-refractivity contribution in [3.63, 3.8) is 0 Å². The monoisotopic (exact) mass is 239 g/mol. The largest absolute Gasteiger partial charge is 0.465 e. The lowest BCUT2D eigenvalue weighted by Gasteiger charge is -2.62. The van der Waals surface area contributed by atoms with E-state index < -0.39 is 6.09 Å². The molecule has 2 bridgehead atoms. The molecule has 17 heavy (non-hydrogen) atoms. The van der Waals surface area contributed by atoms with Crippen LogP contribution in [0.5, 0.6) is 0 Å². The molecule has 1 amide bonds. The summed E-state index contributed by atoms with van der Waals surface area (Å²) in [4.78, 5) is 22.3. The quantitative estimate of drug-likeness (QED) is 0.793. The molecule has 0 aromatic carbocycles. The molecule has 0 aromatic rings. The molecule has 4 heteroatoms. The third kappa shape index (κ3) is 1.94. The summed E-state index contributed by atoms with van der Waals surface area (Å²) in [6, 6.07) is 0. The van der Waals surface area contributed by atoms with Gasteiger partial charge in [0.2, 0.25) is 0 Å². The third-order valence-corrected chi connectivity index (χ3v) is 5.06. The first kappa shape index (κ1) is 12.4. The molecule has 4 nitrogen and oxygen atoms in total. The predicted octanol–water partition coefficient (Wildman–Crippen LogP) is 2.14. The number of fused-ring (bicyclic) bond motifs is 2. The summed E-state index contributed by atoms with van der Waals surface area (Å²) in [5, 5.41) is 11.1. The van der Waals surface area contributed by atoms with E-state index in [0.29, 0.717) is 18.4 Å². The summed E-state index contributed by atoms with van der Waals surface area (Å²) in [6.07, 6.45) is 1.13. The highest BCUT2D eigenvalue weighted by Gasteiger charge is 2.58. The van der Waals surface area contributed by atoms with Crippen molar-refractivity contribution in [1.82, 2.24) is 5.32 Å². The van der Waals surface area contributed by atoms with Crippen LogP contribution in [0.25, 0.3) is 0 Å². The molecule has 0 heterocycles. The van der Waals surface area contributed by atoms with Crippen LogP contribution in [-0.4, -0.2) is 23.5 Å². The molecule has 4 unspecified atom stereocenters. The number of hydrogen-bond acceptors (Lipinski definition) is 2. The van der Waals surface area contributed by atoms with Gasteiger partial charge in [-0.1, -0.05) is 13.8 Å². The van der Waals surface area contributed by atoms with Gasteiger partial charge in [0, 0.05) is 12.5 Å². The molecular formula is C13H21NO3. The van der Waals surface area contributed by atoms with Crippen molar-refractivity contribution in [2.75, 3.05) is 6.54 Å². The first-order valence-corrected chi connectivity index (χ1v) is 6.31. The SMILES string of the molecule is CC(=O)C1C(CNC(=O)O)CC2CC1C2(C)C. The summed E-state index contributed by atoms with van der Waals surface area (Å²) in [5.74, 6) is 1.56. The van der Waals surface area contributed by atoms with Gasteiger partial charge in [0.25, 0.3) is 0 Å². The predicted molar refractivity (Wildman–Crippen MR) is 63.7 cm³/mol. The second kappa shape index (κ2) is 4.00. The second-order valence-electron chi connectivity index (χ2n) is 6.18. The van der Waals surface area contributed by atoms with Crippen LogP contribution < -0.4 is 5.32 Å². The number of amides is 1. The summed E-state index contributed by atoms with van der Waals surface area (Å²) in [6.45, 7) is 6.54. The molecule has 3 aliphatic rings. The molecular weight excluding hydrogens is 218 g/mol. The topological polar surface area (TPSA) is 66.4 Å². The van der Waals surface area contributed by atoms with Crippen LogP contribution in [-0.2, 0) is 4.79 Å². The number of carbonyl (C=O) groups excluding carboxylic acids is 1. The summed E-state index contributed by atoms with van der Waals surface area (Å²) < 4.78 is 0. The first-order valence-electron chi connectivity index (χ1n) is 6.31. The lowest BCUT2D eigenvalue weighted by atomic mass is 9.42. The maximum atomic E-state index is 11.8. The van der Waals surface area contributed by atoms with Gasteiger partial charge in [0.05, 0.1) is 0 Å². The Balaban J connectivity index is 2.08. The highest BCUT2D eigenvalue weighted by atomic mass is 16.4. The Morgan fingerprint density at radius 2 is 2.00 bits per heavy atom. The lowest BCUT2D eigenvalue weighted by Crippen LogP contribution is -2.59. The Hall–Kier alpha value is -1.06. The number of ketones is 1. The molecule has 3 aliphatic carbocycles. The number of nitrogens with one attached hydrogen (secondary N) is 1. The molecule has 0 aliphatic heterocycles. The van der Waals surface area contributed by atoms with E-state index in [1.165, 1.54) is 0 Å². The van der Waals surface area contributed by atoms with Gasteiger partial charge in [-0.15, -0.1) is 0 Å². The van der Waals surface area contributed by atoms with Gasteiger partial charge in [-0.05, 0) is 42.9 Å². The molecule has 4 atom stereocenters.